The molecule has 0 rings (SSSR count). The first-order valence-corrected chi connectivity index (χ1v) is 22.2. The van der Waals surface area contributed by atoms with Gasteiger partial charge in [0.15, 0.2) is 6.10 Å². The van der Waals surface area contributed by atoms with Gasteiger partial charge in [0.2, 0.25) is 0 Å². The molecular weight excluding hydrogens is 651 g/mol. The molecule has 0 aromatic heterocycles. The van der Waals surface area contributed by atoms with E-state index in [1.54, 1.807) is 0 Å². The molecule has 0 aromatic carbocycles. The van der Waals surface area contributed by atoms with Crippen LogP contribution >= 0.6 is 7.82 Å². The lowest BCUT2D eigenvalue weighted by molar-refractivity contribution is -0.161. The fourth-order valence-electron chi connectivity index (χ4n) is 5.83. The van der Waals surface area contributed by atoms with Crippen molar-refractivity contribution >= 4 is 19.8 Å². The third-order valence-corrected chi connectivity index (χ3v) is 9.43. The van der Waals surface area contributed by atoms with Gasteiger partial charge in [-0.25, -0.2) is 4.57 Å². The highest BCUT2D eigenvalue weighted by Gasteiger charge is 2.22. The normalized spacial score (nSPS) is 12.6. The van der Waals surface area contributed by atoms with Gasteiger partial charge in [-0.1, -0.05) is 154 Å². The second-order valence-corrected chi connectivity index (χ2v) is 15.2. The van der Waals surface area contributed by atoms with Gasteiger partial charge in [-0.2, -0.15) is 0 Å². The maximum atomic E-state index is 12.4. The van der Waals surface area contributed by atoms with Gasteiger partial charge in [0.25, 0.3) is 0 Å². The van der Waals surface area contributed by atoms with Crippen LogP contribution in [0.15, 0.2) is 24.3 Å². The van der Waals surface area contributed by atoms with Crippen LogP contribution in [0.2, 0.25) is 0 Å². The summed E-state index contributed by atoms with van der Waals surface area (Å²) < 4.78 is 26.3. The molecule has 0 radical (unpaired) electrons. The van der Waals surface area contributed by atoms with Crippen LogP contribution in [-0.2, 0) is 28.2 Å². The van der Waals surface area contributed by atoms with Gasteiger partial charge in [-0.15, -0.1) is 0 Å². The highest BCUT2D eigenvalue weighted by molar-refractivity contribution is 7.46. The number of phosphoric ester groups is 1. The average Bonchev–Trinajstić information content (AvgIpc) is 3.08. The molecule has 0 heterocycles. The Bertz CT molecular complexity index is 869. The Labute approximate surface area is 307 Å². The molecule has 0 aliphatic carbocycles. The molecule has 294 valence electrons. The lowest BCUT2D eigenvalue weighted by Gasteiger charge is -2.18. The van der Waals surface area contributed by atoms with Crippen molar-refractivity contribution in [3.05, 3.63) is 24.3 Å². The second-order valence-electron chi connectivity index (χ2n) is 14.0. The molecule has 0 fully saturated rings. The lowest BCUT2D eigenvalue weighted by atomic mass is 10.1. The van der Waals surface area contributed by atoms with Crippen LogP contribution in [0, 0.1) is 0 Å². The van der Waals surface area contributed by atoms with Crippen molar-refractivity contribution in [2.24, 2.45) is 0 Å². The lowest BCUT2D eigenvalue weighted by Crippen LogP contribution is -2.29. The number of allylic oxidation sites excluding steroid dienone is 4. The Kier molecular flexibility index (Phi) is 36.2. The number of unbranched alkanes of at least 4 members (excludes halogenated alkanes) is 24. The molecule has 50 heavy (non-hydrogen) atoms. The van der Waals surface area contributed by atoms with Crippen LogP contribution in [0.1, 0.15) is 206 Å². The average molecular weight is 729 g/mol. The van der Waals surface area contributed by atoms with Crippen molar-refractivity contribution in [1.29, 1.82) is 0 Å². The third kappa shape index (κ3) is 39.3. The summed E-state index contributed by atoms with van der Waals surface area (Å²) in [5, 5.41) is 0. The molecule has 2 N–H and O–H groups in total. The molecule has 9 heteroatoms. The highest BCUT2D eigenvalue weighted by atomic mass is 31.2. The monoisotopic (exact) mass is 729 g/mol. The first-order chi connectivity index (χ1) is 24.3. The topological polar surface area (TPSA) is 119 Å². The SMILES string of the molecule is CCCCCC/C=C\CCCCCCCC(=O)OC[C@H](COP(=O)(O)O)OC(=O)CCCCCCCCC/C=C\CCCCCCCCCC. The summed E-state index contributed by atoms with van der Waals surface area (Å²) in [6, 6.07) is 0. The van der Waals surface area contributed by atoms with Crippen LogP contribution in [0.3, 0.4) is 0 Å². The largest absolute Gasteiger partial charge is 0.469 e. The van der Waals surface area contributed by atoms with Crippen LogP contribution in [-0.4, -0.2) is 41.0 Å². The first-order valence-electron chi connectivity index (χ1n) is 20.6. The van der Waals surface area contributed by atoms with Crippen molar-refractivity contribution in [2.75, 3.05) is 13.2 Å². The summed E-state index contributed by atoms with van der Waals surface area (Å²) in [6.45, 7) is 3.67. The van der Waals surface area contributed by atoms with E-state index >= 15 is 0 Å². The smallest absolute Gasteiger partial charge is 0.462 e. The number of phosphoric acid groups is 1. The molecule has 0 saturated heterocycles. The van der Waals surface area contributed by atoms with Crippen molar-refractivity contribution in [3.8, 4) is 0 Å². The quantitative estimate of drug-likeness (QED) is 0.0279. The minimum atomic E-state index is -4.75. The summed E-state index contributed by atoms with van der Waals surface area (Å²) in [7, 11) is -4.75. The van der Waals surface area contributed by atoms with Gasteiger partial charge in [-0.3, -0.25) is 14.1 Å². The van der Waals surface area contributed by atoms with E-state index in [0.717, 1.165) is 57.8 Å². The molecule has 0 unspecified atom stereocenters. The molecule has 0 aromatic rings. The van der Waals surface area contributed by atoms with Crippen molar-refractivity contribution < 1.29 is 37.9 Å². The summed E-state index contributed by atoms with van der Waals surface area (Å²) in [5.41, 5.74) is 0. The molecule has 1 atom stereocenters. The van der Waals surface area contributed by atoms with Gasteiger partial charge < -0.3 is 19.3 Å². The summed E-state index contributed by atoms with van der Waals surface area (Å²) >= 11 is 0. The molecule has 8 nitrogen and oxygen atoms in total. The van der Waals surface area contributed by atoms with Crippen LogP contribution in [0.5, 0.6) is 0 Å². The van der Waals surface area contributed by atoms with Crippen molar-refractivity contribution in [3.63, 3.8) is 0 Å². The van der Waals surface area contributed by atoms with Gasteiger partial charge in [-0.05, 0) is 64.2 Å². The molecule has 0 aliphatic rings. The number of hydrogen-bond donors (Lipinski definition) is 2. The van der Waals surface area contributed by atoms with Gasteiger partial charge in [0.1, 0.15) is 6.61 Å². The number of carbonyl (C=O) groups excluding carboxylic acids is 2. The van der Waals surface area contributed by atoms with Gasteiger partial charge in [0.05, 0.1) is 6.61 Å². The number of carbonyl (C=O) groups is 2. The summed E-state index contributed by atoms with van der Waals surface area (Å²) in [5.74, 6) is -0.895. The highest BCUT2D eigenvalue weighted by Crippen LogP contribution is 2.36. The van der Waals surface area contributed by atoms with E-state index in [0.29, 0.717) is 12.8 Å². The third-order valence-electron chi connectivity index (χ3n) is 8.94. The van der Waals surface area contributed by atoms with E-state index in [4.69, 9.17) is 19.3 Å². The second kappa shape index (κ2) is 37.3. The molecule has 0 saturated carbocycles. The van der Waals surface area contributed by atoms with Crippen LogP contribution < -0.4 is 0 Å². The fourth-order valence-corrected chi connectivity index (χ4v) is 6.19. The summed E-state index contributed by atoms with van der Waals surface area (Å²) in [6.07, 6.45) is 41.8. The zero-order chi connectivity index (χ0) is 36.8. The van der Waals surface area contributed by atoms with E-state index in [9.17, 15) is 14.2 Å². The molecule has 0 aliphatic heterocycles. The predicted molar refractivity (Wildman–Crippen MR) is 207 cm³/mol. The Morgan fingerprint density at radius 3 is 1.24 bits per heavy atom. The van der Waals surface area contributed by atoms with Crippen LogP contribution in [0.25, 0.3) is 0 Å². The molecule has 0 spiro atoms. The summed E-state index contributed by atoms with van der Waals surface area (Å²) in [4.78, 5) is 42.8. The number of esters is 2. The minimum Gasteiger partial charge on any atom is -0.462 e. The number of hydrogen-bond acceptors (Lipinski definition) is 6. The standard InChI is InChI=1S/C41H77O8P/c1-3-5-7-9-11-13-15-17-18-19-20-21-22-24-26-28-30-32-34-36-41(43)49-39(38-48-50(44,45)46)37-47-40(42)35-33-31-29-27-25-23-16-14-12-10-8-6-4-2/h14,16,19-20,39H,3-13,15,17-18,21-38H2,1-2H3,(H2,44,45,46)/b16-14-,20-19-/t39-/m1/s1. The van der Waals surface area contributed by atoms with E-state index in [-0.39, 0.29) is 19.4 Å². The van der Waals surface area contributed by atoms with Gasteiger partial charge in [0, 0.05) is 12.8 Å². The van der Waals surface area contributed by atoms with Crippen molar-refractivity contribution in [1.82, 2.24) is 0 Å². The molecular formula is C41H77O8P. The fraction of sp³-hybridized carbons (Fsp3) is 0.854. The zero-order valence-electron chi connectivity index (χ0n) is 32.3. The Morgan fingerprint density at radius 1 is 0.500 bits per heavy atom. The maximum Gasteiger partial charge on any atom is 0.469 e. The number of rotatable bonds is 38. The predicted octanol–water partition coefficient (Wildman–Crippen LogP) is 12.4. The Balaban J connectivity index is 3.91. The van der Waals surface area contributed by atoms with Crippen LogP contribution in [0.4, 0.5) is 0 Å². The Hall–Kier alpha value is -1.47. The van der Waals surface area contributed by atoms with E-state index in [1.165, 1.54) is 109 Å². The Morgan fingerprint density at radius 2 is 0.840 bits per heavy atom. The first kappa shape index (κ1) is 48.5. The molecule has 0 amide bonds. The zero-order valence-corrected chi connectivity index (χ0v) is 33.2. The van der Waals surface area contributed by atoms with E-state index < -0.39 is 32.5 Å². The van der Waals surface area contributed by atoms with Gasteiger partial charge >= 0.3 is 19.8 Å². The minimum absolute atomic E-state index is 0.207. The molecule has 0 bridgehead atoms. The number of ether oxygens (including phenoxy) is 2. The maximum absolute atomic E-state index is 12.4. The van der Waals surface area contributed by atoms with E-state index in [2.05, 4.69) is 42.7 Å². The van der Waals surface area contributed by atoms with Crippen molar-refractivity contribution in [2.45, 2.75) is 213 Å². The van der Waals surface area contributed by atoms with E-state index in [1.807, 2.05) is 0 Å².